The summed E-state index contributed by atoms with van der Waals surface area (Å²) in [6.45, 7) is 0.509. The number of halogens is 1. The van der Waals surface area contributed by atoms with E-state index in [9.17, 15) is 9.18 Å². The minimum Gasteiger partial charge on any atom is -0.497 e. The Hall–Kier alpha value is -3.08. The summed E-state index contributed by atoms with van der Waals surface area (Å²) in [4.78, 5) is 14.1. The summed E-state index contributed by atoms with van der Waals surface area (Å²) in [5.74, 6) is 1.59. The van der Waals surface area contributed by atoms with Gasteiger partial charge >= 0.3 is 0 Å². The van der Waals surface area contributed by atoms with Crippen LogP contribution in [0.15, 0.2) is 65.1 Å². The molecule has 0 spiro atoms. The van der Waals surface area contributed by atoms with Gasteiger partial charge in [0.15, 0.2) is 0 Å². The van der Waals surface area contributed by atoms with Crippen molar-refractivity contribution in [2.75, 3.05) is 14.2 Å². The Morgan fingerprint density at radius 3 is 2.70 bits per heavy atom. The first kappa shape index (κ1) is 18.7. The Balaban J connectivity index is 1.56. The van der Waals surface area contributed by atoms with Crippen LogP contribution >= 0.6 is 0 Å². The van der Waals surface area contributed by atoms with Gasteiger partial charge in [-0.2, -0.15) is 0 Å². The van der Waals surface area contributed by atoms with E-state index in [0.717, 1.165) is 11.3 Å². The minimum absolute atomic E-state index is 0.0154. The summed E-state index contributed by atoms with van der Waals surface area (Å²) < 4.78 is 24.7. The molecule has 1 amide bonds. The van der Waals surface area contributed by atoms with Gasteiger partial charge in [-0.05, 0) is 42.0 Å². The van der Waals surface area contributed by atoms with Gasteiger partial charge in [-0.25, -0.2) is 4.39 Å². The van der Waals surface area contributed by atoms with E-state index in [1.54, 1.807) is 49.4 Å². The van der Waals surface area contributed by atoms with E-state index in [1.165, 1.54) is 6.07 Å². The van der Waals surface area contributed by atoms with Gasteiger partial charge in [-0.1, -0.05) is 24.3 Å². The zero-order valence-electron chi connectivity index (χ0n) is 15.4. The van der Waals surface area contributed by atoms with E-state index in [0.29, 0.717) is 36.5 Å². The standard InChI is InChI=1S/C22H22FNO3/c1-24(15-16-6-5-7-18(14-16)26-2)22(25)13-11-17-10-12-21(27-17)19-8-3-4-9-20(19)23/h3-10,12,14H,11,13,15H2,1-2H3. The number of carbonyl (C=O) groups excluding carboxylic acids is 1. The van der Waals surface area contributed by atoms with Gasteiger partial charge in [-0.3, -0.25) is 4.79 Å². The third-order valence-corrected chi connectivity index (χ3v) is 4.37. The van der Waals surface area contributed by atoms with E-state index < -0.39 is 0 Å². The first-order chi connectivity index (χ1) is 13.1. The molecule has 0 aliphatic heterocycles. The maximum atomic E-state index is 13.8. The van der Waals surface area contributed by atoms with Crippen molar-refractivity contribution in [2.45, 2.75) is 19.4 Å². The topological polar surface area (TPSA) is 42.7 Å². The van der Waals surface area contributed by atoms with Gasteiger partial charge in [0.2, 0.25) is 5.91 Å². The lowest BCUT2D eigenvalue weighted by Gasteiger charge is -2.17. The summed E-state index contributed by atoms with van der Waals surface area (Å²) in [6.07, 6.45) is 0.792. The number of methoxy groups -OCH3 is 1. The monoisotopic (exact) mass is 367 g/mol. The molecule has 3 aromatic rings. The van der Waals surface area contributed by atoms with Crippen LogP contribution in [0, 0.1) is 5.82 Å². The number of furan rings is 1. The molecule has 1 aromatic heterocycles. The summed E-state index contributed by atoms with van der Waals surface area (Å²) in [6, 6.07) is 17.6. The normalized spacial score (nSPS) is 10.6. The molecule has 0 unspecified atom stereocenters. The molecule has 0 saturated carbocycles. The Kier molecular flexibility index (Phi) is 5.91. The molecule has 5 heteroatoms. The molecule has 0 radical (unpaired) electrons. The molecule has 0 aliphatic carbocycles. The summed E-state index contributed by atoms with van der Waals surface area (Å²) in [7, 11) is 3.39. The van der Waals surface area contributed by atoms with Crippen molar-refractivity contribution in [3.05, 3.63) is 77.8 Å². The predicted molar refractivity (Wildman–Crippen MR) is 102 cm³/mol. The highest BCUT2D eigenvalue weighted by Gasteiger charge is 2.13. The summed E-state index contributed by atoms with van der Waals surface area (Å²) >= 11 is 0. The molecule has 1 heterocycles. The van der Waals surface area contributed by atoms with E-state index >= 15 is 0 Å². The van der Waals surface area contributed by atoms with Crippen molar-refractivity contribution in [3.8, 4) is 17.1 Å². The molecule has 3 rings (SSSR count). The molecule has 27 heavy (non-hydrogen) atoms. The van der Waals surface area contributed by atoms with Crippen molar-refractivity contribution in [1.29, 1.82) is 0 Å². The van der Waals surface area contributed by atoms with Gasteiger partial charge in [0, 0.05) is 26.4 Å². The fraction of sp³-hybridized carbons (Fsp3) is 0.227. The Labute approximate surface area is 158 Å². The van der Waals surface area contributed by atoms with Crippen molar-refractivity contribution in [1.82, 2.24) is 4.90 Å². The average molecular weight is 367 g/mol. The Morgan fingerprint density at radius 1 is 1.11 bits per heavy atom. The van der Waals surface area contributed by atoms with E-state index in [2.05, 4.69) is 0 Å². The second-order valence-corrected chi connectivity index (χ2v) is 6.35. The first-order valence-electron chi connectivity index (χ1n) is 8.77. The van der Waals surface area contributed by atoms with Crippen molar-refractivity contribution >= 4 is 5.91 Å². The molecular formula is C22H22FNO3. The quantitative estimate of drug-likeness (QED) is 0.609. The second-order valence-electron chi connectivity index (χ2n) is 6.35. The lowest BCUT2D eigenvalue weighted by atomic mass is 10.1. The number of rotatable bonds is 7. The predicted octanol–water partition coefficient (Wildman–Crippen LogP) is 4.69. The van der Waals surface area contributed by atoms with E-state index in [-0.39, 0.29) is 11.7 Å². The van der Waals surface area contributed by atoms with Gasteiger partial charge in [0.1, 0.15) is 23.1 Å². The lowest BCUT2D eigenvalue weighted by molar-refractivity contribution is -0.130. The smallest absolute Gasteiger partial charge is 0.223 e. The summed E-state index contributed by atoms with van der Waals surface area (Å²) in [5.41, 5.74) is 1.43. The third-order valence-electron chi connectivity index (χ3n) is 4.37. The van der Waals surface area contributed by atoms with Gasteiger partial charge < -0.3 is 14.1 Å². The molecule has 0 atom stereocenters. The van der Waals surface area contributed by atoms with Crippen molar-refractivity contribution in [3.63, 3.8) is 0 Å². The van der Waals surface area contributed by atoms with Crippen LogP contribution in [0.25, 0.3) is 11.3 Å². The van der Waals surface area contributed by atoms with Crippen LogP contribution in [0.1, 0.15) is 17.7 Å². The van der Waals surface area contributed by atoms with Crippen LogP contribution in [0.5, 0.6) is 5.75 Å². The van der Waals surface area contributed by atoms with Crippen LogP contribution in [0.3, 0.4) is 0 Å². The van der Waals surface area contributed by atoms with Crippen LogP contribution in [0.2, 0.25) is 0 Å². The zero-order chi connectivity index (χ0) is 19.2. The summed E-state index contributed by atoms with van der Waals surface area (Å²) in [5, 5.41) is 0. The first-order valence-corrected chi connectivity index (χ1v) is 8.77. The fourth-order valence-corrected chi connectivity index (χ4v) is 2.87. The zero-order valence-corrected chi connectivity index (χ0v) is 15.4. The number of carbonyl (C=O) groups is 1. The molecule has 0 aliphatic rings. The molecule has 0 N–H and O–H groups in total. The van der Waals surface area contributed by atoms with Crippen LogP contribution in [-0.4, -0.2) is 25.0 Å². The fourth-order valence-electron chi connectivity index (χ4n) is 2.87. The lowest BCUT2D eigenvalue weighted by Crippen LogP contribution is -2.26. The molecule has 2 aromatic carbocycles. The number of hydrogen-bond acceptors (Lipinski definition) is 3. The number of aryl methyl sites for hydroxylation is 1. The average Bonchev–Trinajstić information content (AvgIpc) is 3.15. The highest BCUT2D eigenvalue weighted by molar-refractivity contribution is 5.76. The Morgan fingerprint density at radius 2 is 1.93 bits per heavy atom. The molecule has 140 valence electrons. The number of benzene rings is 2. The minimum atomic E-state index is -0.326. The number of nitrogens with zero attached hydrogens (tertiary/aromatic N) is 1. The number of amides is 1. The molecule has 0 saturated heterocycles. The second kappa shape index (κ2) is 8.54. The third kappa shape index (κ3) is 4.76. The SMILES string of the molecule is COc1cccc(CN(C)C(=O)CCc2ccc(-c3ccccc3F)o2)c1. The number of ether oxygens (including phenoxy) is 1. The van der Waals surface area contributed by atoms with E-state index in [4.69, 9.17) is 9.15 Å². The molecule has 0 fully saturated rings. The van der Waals surface area contributed by atoms with Crippen LogP contribution < -0.4 is 4.74 Å². The van der Waals surface area contributed by atoms with Crippen LogP contribution in [-0.2, 0) is 17.8 Å². The maximum Gasteiger partial charge on any atom is 0.223 e. The Bertz CT molecular complexity index is 919. The highest BCUT2D eigenvalue weighted by atomic mass is 19.1. The van der Waals surface area contributed by atoms with Crippen molar-refractivity contribution < 1.29 is 18.3 Å². The highest BCUT2D eigenvalue weighted by Crippen LogP contribution is 2.25. The van der Waals surface area contributed by atoms with Gasteiger partial charge in [0.25, 0.3) is 0 Å². The molecule has 4 nitrogen and oxygen atoms in total. The van der Waals surface area contributed by atoms with Gasteiger partial charge in [0.05, 0.1) is 12.7 Å². The van der Waals surface area contributed by atoms with E-state index in [1.807, 2.05) is 24.3 Å². The molecular weight excluding hydrogens is 345 g/mol. The molecule has 0 bridgehead atoms. The van der Waals surface area contributed by atoms with Crippen molar-refractivity contribution in [2.24, 2.45) is 0 Å². The largest absolute Gasteiger partial charge is 0.497 e. The maximum absolute atomic E-state index is 13.8. The van der Waals surface area contributed by atoms with Crippen LogP contribution in [0.4, 0.5) is 4.39 Å². The number of hydrogen-bond donors (Lipinski definition) is 0. The van der Waals surface area contributed by atoms with Gasteiger partial charge in [-0.15, -0.1) is 0 Å².